The molecule has 0 saturated carbocycles. The van der Waals surface area contributed by atoms with Crippen LogP contribution in [-0.4, -0.2) is 5.97 Å². The number of rotatable bonds is 3. The fourth-order valence-corrected chi connectivity index (χ4v) is 1.15. The molecule has 76 valence electrons. The Balaban J connectivity index is 2.65. The number of nitrogens with two attached hydrogens (primary N) is 1. The molecule has 0 saturated heterocycles. The van der Waals surface area contributed by atoms with Crippen molar-refractivity contribution in [2.75, 3.05) is 0 Å². The summed E-state index contributed by atoms with van der Waals surface area (Å²) < 4.78 is 16.9. The van der Waals surface area contributed by atoms with E-state index in [1.165, 1.54) is 12.1 Å². The van der Waals surface area contributed by atoms with E-state index in [-0.39, 0.29) is 12.2 Å². The van der Waals surface area contributed by atoms with Crippen molar-refractivity contribution in [2.45, 2.75) is 12.5 Å². The molecule has 0 amide bonds. The SMILES string of the molecule is NC(CC(=O)OP)c1ccc(F)cc1. The molecule has 0 aromatic heterocycles. The highest BCUT2D eigenvalue weighted by molar-refractivity contribution is 7.10. The zero-order chi connectivity index (χ0) is 10.6. The van der Waals surface area contributed by atoms with Gasteiger partial charge in [-0.25, -0.2) is 4.39 Å². The molecule has 2 unspecified atom stereocenters. The number of carbonyl (C=O) groups is 1. The molecule has 3 nitrogen and oxygen atoms in total. The van der Waals surface area contributed by atoms with Crippen LogP contribution in [0.15, 0.2) is 24.3 Å². The van der Waals surface area contributed by atoms with Crippen LogP contribution in [0.2, 0.25) is 0 Å². The van der Waals surface area contributed by atoms with Crippen molar-refractivity contribution in [1.82, 2.24) is 0 Å². The van der Waals surface area contributed by atoms with Crippen LogP contribution >= 0.6 is 9.47 Å². The van der Waals surface area contributed by atoms with Gasteiger partial charge in [-0.1, -0.05) is 12.1 Å². The summed E-state index contributed by atoms with van der Waals surface area (Å²) in [6.45, 7) is 0. The van der Waals surface area contributed by atoms with E-state index in [1.54, 1.807) is 12.1 Å². The van der Waals surface area contributed by atoms with E-state index in [4.69, 9.17) is 5.73 Å². The molecule has 0 heterocycles. The molecule has 0 bridgehead atoms. The molecule has 0 spiro atoms. The summed E-state index contributed by atoms with van der Waals surface area (Å²) in [5.74, 6) is -0.735. The molecule has 1 aromatic rings. The maximum Gasteiger partial charge on any atom is 0.309 e. The third-order valence-electron chi connectivity index (χ3n) is 1.82. The summed E-state index contributed by atoms with van der Waals surface area (Å²) in [6.07, 6.45) is 0.0785. The van der Waals surface area contributed by atoms with E-state index in [0.717, 1.165) is 0 Å². The fourth-order valence-electron chi connectivity index (χ4n) is 1.06. The van der Waals surface area contributed by atoms with Crippen LogP contribution in [-0.2, 0) is 9.32 Å². The first-order valence-corrected chi connectivity index (χ1v) is 4.51. The Hall–Kier alpha value is -0.990. The Labute approximate surface area is 83.7 Å². The fraction of sp³-hybridized carbons (Fsp3) is 0.222. The lowest BCUT2D eigenvalue weighted by molar-refractivity contribution is -0.133. The zero-order valence-electron chi connectivity index (χ0n) is 7.44. The van der Waals surface area contributed by atoms with Gasteiger partial charge in [-0.2, -0.15) is 0 Å². The van der Waals surface area contributed by atoms with Crippen molar-refractivity contribution in [3.63, 3.8) is 0 Å². The average molecular weight is 215 g/mol. The van der Waals surface area contributed by atoms with Crippen molar-refractivity contribution in [1.29, 1.82) is 0 Å². The van der Waals surface area contributed by atoms with Gasteiger partial charge in [0.15, 0.2) is 0 Å². The van der Waals surface area contributed by atoms with Crippen LogP contribution in [0.3, 0.4) is 0 Å². The Bertz CT molecular complexity index is 315. The van der Waals surface area contributed by atoms with E-state index >= 15 is 0 Å². The second-order valence-electron chi connectivity index (χ2n) is 2.85. The molecular formula is C9H11FNO2P. The minimum Gasteiger partial charge on any atom is -0.451 e. The van der Waals surface area contributed by atoms with Crippen molar-refractivity contribution >= 4 is 15.4 Å². The molecule has 0 aliphatic rings. The number of halogens is 1. The molecule has 2 N–H and O–H groups in total. The van der Waals surface area contributed by atoms with E-state index in [9.17, 15) is 9.18 Å². The molecule has 5 heteroatoms. The van der Waals surface area contributed by atoms with Crippen LogP contribution in [0.4, 0.5) is 4.39 Å². The third-order valence-corrected chi connectivity index (χ3v) is 2.08. The molecular weight excluding hydrogens is 204 g/mol. The van der Waals surface area contributed by atoms with Crippen LogP contribution in [0.5, 0.6) is 0 Å². The summed E-state index contributed by atoms with van der Waals surface area (Å²) in [5.41, 5.74) is 6.40. The van der Waals surface area contributed by atoms with Crippen molar-refractivity contribution in [2.24, 2.45) is 5.73 Å². The largest absolute Gasteiger partial charge is 0.451 e. The highest BCUT2D eigenvalue weighted by atomic mass is 31.0. The minimum atomic E-state index is -0.455. The van der Waals surface area contributed by atoms with E-state index in [1.807, 2.05) is 9.47 Å². The van der Waals surface area contributed by atoms with Crippen LogP contribution in [0.1, 0.15) is 18.0 Å². The molecule has 0 fully saturated rings. The van der Waals surface area contributed by atoms with Gasteiger partial charge < -0.3 is 10.3 Å². The van der Waals surface area contributed by atoms with Crippen molar-refractivity contribution in [3.8, 4) is 0 Å². The van der Waals surface area contributed by atoms with Gasteiger partial charge in [0, 0.05) is 6.04 Å². The highest BCUT2D eigenvalue weighted by Crippen LogP contribution is 2.15. The van der Waals surface area contributed by atoms with E-state index in [2.05, 4.69) is 4.52 Å². The average Bonchev–Trinajstić information content (AvgIpc) is 2.18. The maximum atomic E-state index is 12.5. The van der Waals surface area contributed by atoms with Gasteiger partial charge in [-0.3, -0.25) is 4.79 Å². The van der Waals surface area contributed by atoms with Crippen molar-refractivity contribution in [3.05, 3.63) is 35.6 Å². The lowest BCUT2D eigenvalue weighted by Crippen LogP contribution is -2.15. The van der Waals surface area contributed by atoms with Gasteiger partial charge in [-0.05, 0) is 17.7 Å². The molecule has 0 radical (unpaired) electrons. The lowest BCUT2D eigenvalue weighted by Gasteiger charge is -2.09. The molecule has 1 aromatic carbocycles. The summed E-state index contributed by atoms with van der Waals surface area (Å²) in [4.78, 5) is 10.9. The summed E-state index contributed by atoms with van der Waals surface area (Å²) in [6, 6.07) is 5.26. The molecule has 1 rings (SSSR count). The second-order valence-corrected chi connectivity index (χ2v) is 3.09. The number of carbonyl (C=O) groups excluding carboxylic acids is 1. The molecule has 14 heavy (non-hydrogen) atoms. The molecule has 0 aliphatic heterocycles. The molecule has 0 aliphatic carbocycles. The number of hydrogen-bond acceptors (Lipinski definition) is 3. The van der Waals surface area contributed by atoms with Crippen LogP contribution in [0, 0.1) is 5.82 Å². The first-order chi connectivity index (χ1) is 6.63. The van der Waals surface area contributed by atoms with E-state index < -0.39 is 12.0 Å². The second kappa shape index (κ2) is 5.03. The quantitative estimate of drug-likeness (QED) is 0.778. The van der Waals surface area contributed by atoms with Gasteiger partial charge in [0.2, 0.25) is 0 Å². The normalized spacial score (nSPS) is 12.2. The Morgan fingerprint density at radius 3 is 2.57 bits per heavy atom. The third kappa shape index (κ3) is 3.05. The maximum absolute atomic E-state index is 12.5. The predicted octanol–water partition coefficient (Wildman–Crippen LogP) is 1.55. The summed E-state index contributed by atoms with van der Waals surface area (Å²) >= 11 is 0. The predicted molar refractivity (Wildman–Crippen MR) is 53.7 cm³/mol. The monoisotopic (exact) mass is 215 g/mol. The first-order valence-electron chi connectivity index (χ1n) is 4.04. The van der Waals surface area contributed by atoms with Gasteiger partial charge in [-0.15, -0.1) is 0 Å². The van der Waals surface area contributed by atoms with Gasteiger partial charge in [0.05, 0.1) is 15.9 Å². The van der Waals surface area contributed by atoms with Crippen molar-refractivity contribution < 1.29 is 13.7 Å². The molecule has 2 atom stereocenters. The highest BCUT2D eigenvalue weighted by Gasteiger charge is 2.11. The number of benzene rings is 1. The Morgan fingerprint density at radius 2 is 2.07 bits per heavy atom. The van der Waals surface area contributed by atoms with Gasteiger partial charge in [0.1, 0.15) is 5.82 Å². The van der Waals surface area contributed by atoms with E-state index in [0.29, 0.717) is 5.56 Å². The number of hydrogen-bond donors (Lipinski definition) is 1. The Kier molecular flexibility index (Phi) is 3.98. The van der Waals surface area contributed by atoms with Crippen LogP contribution in [0.25, 0.3) is 0 Å². The lowest BCUT2D eigenvalue weighted by atomic mass is 10.1. The van der Waals surface area contributed by atoms with Gasteiger partial charge >= 0.3 is 5.97 Å². The smallest absolute Gasteiger partial charge is 0.309 e. The zero-order valence-corrected chi connectivity index (χ0v) is 8.60. The summed E-state index contributed by atoms with van der Waals surface area (Å²) in [5, 5.41) is 0. The Morgan fingerprint density at radius 1 is 1.50 bits per heavy atom. The minimum absolute atomic E-state index is 0.0785. The van der Waals surface area contributed by atoms with Crippen LogP contribution < -0.4 is 5.73 Å². The summed E-state index contributed by atoms with van der Waals surface area (Å²) in [7, 11) is 1.86. The standard InChI is InChI=1S/C9H11FNO2P/c10-7-3-1-6(2-4-7)8(11)5-9(12)13-14/h1-4,8H,5,11,14H2. The topological polar surface area (TPSA) is 52.3 Å². The van der Waals surface area contributed by atoms with Gasteiger partial charge in [0.25, 0.3) is 0 Å². The first kappa shape index (κ1) is 11.1.